The summed E-state index contributed by atoms with van der Waals surface area (Å²) in [6, 6.07) is 0.294. The highest BCUT2D eigenvalue weighted by Crippen LogP contribution is 2.40. The third kappa shape index (κ3) is 4.66. The Hall–Kier alpha value is -1.63. The fraction of sp³-hybridized carbons (Fsp3) is 0.783. The minimum Gasteiger partial charge on any atom is -0.341 e. The van der Waals surface area contributed by atoms with Crippen LogP contribution in [0.2, 0.25) is 5.31 Å². The molecule has 1 saturated carbocycles. The van der Waals surface area contributed by atoms with Crippen molar-refractivity contribution < 1.29 is 0 Å². The maximum Gasteiger partial charge on any atom is 0.229 e. The number of hydrogen-bond donors (Lipinski definition) is 1. The molecule has 1 aliphatic carbocycles. The van der Waals surface area contributed by atoms with E-state index in [1.54, 1.807) is 0 Å². The summed E-state index contributed by atoms with van der Waals surface area (Å²) in [4.78, 5) is 12.4. The topological polar surface area (TPSA) is 72.3 Å². The van der Waals surface area contributed by atoms with Gasteiger partial charge in [-0.15, -0.1) is 0 Å². The highest BCUT2D eigenvalue weighted by Gasteiger charge is 2.28. The van der Waals surface area contributed by atoms with Crippen LogP contribution in [0.5, 0.6) is 0 Å². The Morgan fingerprint density at radius 3 is 2.57 bits per heavy atom. The SMILES string of the molecule is [B]C1(C)CCCCCC(c2nc(N3CCC(N)CC3)nc3c(C(C)C)cnn23)CC1. The van der Waals surface area contributed by atoms with Gasteiger partial charge in [-0.1, -0.05) is 58.2 Å². The second kappa shape index (κ2) is 8.85. The Balaban J connectivity index is 1.74. The summed E-state index contributed by atoms with van der Waals surface area (Å²) in [6.45, 7) is 8.47. The van der Waals surface area contributed by atoms with Crippen LogP contribution >= 0.6 is 0 Å². The van der Waals surface area contributed by atoms with E-state index >= 15 is 0 Å². The van der Waals surface area contributed by atoms with Gasteiger partial charge in [0.1, 0.15) is 5.82 Å². The van der Waals surface area contributed by atoms with Crippen LogP contribution < -0.4 is 10.6 Å². The quantitative estimate of drug-likeness (QED) is 0.765. The molecule has 2 fully saturated rings. The summed E-state index contributed by atoms with van der Waals surface area (Å²) in [5.74, 6) is 2.65. The first-order chi connectivity index (χ1) is 14.3. The third-order valence-electron chi connectivity index (χ3n) is 7.08. The zero-order chi connectivity index (χ0) is 21.3. The third-order valence-corrected chi connectivity index (χ3v) is 7.08. The number of anilines is 1. The van der Waals surface area contributed by atoms with Gasteiger partial charge in [0.15, 0.2) is 5.65 Å². The Labute approximate surface area is 182 Å². The Morgan fingerprint density at radius 2 is 1.83 bits per heavy atom. The van der Waals surface area contributed by atoms with Gasteiger partial charge in [0.25, 0.3) is 0 Å². The predicted molar refractivity (Wildman–Crippen MR) is 123 cm³/mol. The largest absolute Gasteiger partial charge is 0.341 e. The summed E-state index contributed by atoms with van der Waals surface area (Å²) < 4.78 is 2.02. The van der Waals surface area contributed by atoms with E-state index in [4.69, 9.17) is 28.6 Å². The number of nitrogens with zero attached hydrogens (tertiary/aromatic N) is 5. The minimum atomic E-state index is -0.0895. The maximum atomic E-state index is 6.60. The molecule has 2 atom stereocenters. The first kappa shape index (κ1) is 21.6. The molecule has 162 valence electrons. The molecular weight excluding hydrogens is 371 g/mol. The van der Waals surface area contributed by atoms with Crippen molar-refractivity contribution in [3.63, 3.8) is 0 Å². The molecule has 1 aliphatic heterocycles. The average molecular weight is 408 g/mol. The maximum absolute atomic E-state index is 6.60. The van der Waals surface area contributed by atoms with Crippen LogP contribution in [0.3, 0.4) is 0 Å². The average Bonchev–Trinajstić information content (AvgIpc) is 3.16. The monoisotopic (exact) mass is 408 g/mol. The van der Waals surface area contributed by atoms with Gasteiger partial charge < -0.3 is 10.6 Å². The van der Waals surface area contributed by atoms with Crippen molar-refractivity contribution in [3.05, 3.63) is 17.6 Å². The van der Waals surface area contributed by atoms with Crippen molar-refractivity contribution in [1.82, 2.24) is 19.6 Å². The van der Waals surface area contributed by atoms with E-state index in [1.807, 2.05) is 10.7 Å². The Bertz CT molecular complexity index is 853. The highest BCUT2D eigenvalue weighted by molar-refractivity contribution is 6.14. The number of rotatable bonds is 3. The molecule has 0 spiro atoms. The minimum absolute atomic E-state index is 0.0895. The summed E-state index contributed by atoms with van der Waals surface area (Å²) in [7, 11) is 6.60. The van der Waals surface area contributed by atoms with Crippen LogP contribution in [-0.2, 0) is 0 Å². The van der Waals surface area contributed by atoms with Gasteiger partial charge in [-0.25, -0.2) is 4.52 Å². The van der Waals surface area contributed by atoms with Crippen LogP contribution in [0.4, 0.5) is 5.95 Å². The van der Waals surface area contributed by atoms with Crippen LogP contribution in [0.25, 0.3) is 5.65 Å². The van der Waals surface area contributed by atoms with Crippen molar-refractivity contribution in [2.45, 2.75) is 102 Å². The molecule has 1 saturated heterocycles. The molecule has 2 unspecified atom stereocenters. The standard InChI is InChI=1S/C23H37BN6/c1-16(2)19-15-26-30-20(17-7-5-4-6-11-23(3,24)12-8-17)27-22(28-21(19)30)29-13-9-18(25)10-14-29/h15-18H,4-14,25H2,1-3H3. The Kier molecular flexibility index (Phi) is 6.38. The normalized spacial score (nSPS) is 27.2. The van der Waals surface area contributed by atoms with Crippen molar-refractivity contribution in [1.29, 1.82) is 0 Å². The molecule has 2 radical (unpaired) electrons. The fourth-order valence-corrected chi connectivity index (χ4v) is 4.94. The molecule has 2 aromatic heterocycles. The van der Waals surface area contributed by atoms with E-state index in [0.717, 1.165) is 69.0 Å². The lowest BCUT2D eigenvalue weighted by Gasteiger charge is -2.31. The van der Waals surface area contributed by atoms with Crippen molar-refractivity contribution in [2.24, 2.45) is 5.73 Å². The lowest BCUT2D eigenvalue weighted by atomic mass is 9.64. The zero-order valence-electron chi connectivity index (χ0n) is 19.0. The van der Waals surface area contributed by atoms with Gasteiger partial charge in [0.05, 0.1) is 14.0 Å². The molecule has 6 nitrogen and oxygen atoms in total. The van der Waals surface area contributed by atoms with Crippen molar-refractivity contribution in [2.75, 3.05) is 18.0 Å². The first-order valence-electron chi connectivity index (χ1n) is 11.9. The van der Waals surface area contributed by atoms with Gasteiger partial charge in [-0.2, -0.15) is 15.1 Å². The van der Waals surface area contributed by atoms with Crippen LogP contribution in [0.15, 0.2) is 6.20 Å². The number of aromatic nitrogens is 4. The molecule has 2 aromatic rings. The van der Waals surface area contributed by atoms with Crippen LogP contribution in [0, 0.1) is 0 Å². The molecule has 2 N–H and O–H groups in total. The first-order valence-corrected chi connectivity index (χ1v) is 11.9. The summed E-state index contributed by atoms with van der Waals surface area (Å²) >= 11 is 0. The molecule has 30 heavy (non-hydrogen) atoms. The highest BCUT2D eigenvalue weighted by atomic mass is 15.4. The van der Waals surface area contributed by atoms with E-state index in [0.29, 0.717) is 17.9 Å². The van der Waals surface area contributed by atoms with Crippen molar-refractivity contribution in [3.8, 4) is 0 Å². The molecular formula is C23H37BN6. The van der Waals surface area contributed by atoms with E-state index in [-0.39, 0.29) is 5.31 Å². The summed E-state index contributed by atoms with van der Waals surface area (Å²) in [5, 5.41) is 4.66. The summed E-state index contributed by atoms with van der Waals surface area (Å²) in [6.07, 6.45) is 12.0. The lowest BCUT2D eigenvalue weighted by Crippen LogP contribution is -2.40. The smallest absolute Gasteiger partial charge is 0.229 e. The van der Waals surface area contributed by atoms with Gasteiger partial charge >= 0.3 is 0 Å². The molecule has 2 aliphatic rings. The van der Waals surface area contributed by atoms with E-state index in [1.165, 1.54) is 24.8 Å². The number of hydrogen-bond acceptors (Lipinski definition) is 5. The van der Waals surface area contributed by atoms with E-state index in [9.17, 15) is 0 Å². The van der Waals surface area contributed by atoms with Crippen LogP contribution in [0.1, 0.15) is 102 Å². The number of nitrogens with two attached hydrogens (primary N) is 1. The van der Waals surface area contributed by atoms with Crippen molar-refractivity contribution >= 4 is 19.4 Å². The van der Waals surface area contributed by atoms with E-state index in [2.05, 4.69) is 25.7 Å². The molecule has 0 bridgehead atoms. The number of fused-ring (bicyclic) bond motifs is 1. The predicted octanol–water partition coefficient (Wildman–Crippen LogP) is 4.35. The van der Waals surface area contributed by atoms with Gasteiger partial charge in [-0.05, 0) is 31.6 Å². The molecule has 7 heteroatoms. The van der Waals surface area contributed by atoms with Crippen LogP contribution in [-0.4, -0.2) is 46.6 Å². The molecule has 4 rings (SSSR count). The molecule has 3 heterocycles. The van der Waals surface area contributed by atoms with Gasteiger partial charge in [0.2, 0.25) is 5.95 Å². The second-order valence-corrected chi connectivity index (χ2v) is 10.2. The van der Waals surface area contributed by atoms with Gasteiger partial charge in [-0.3, -0.25) is 0 Å². The van der Waals surface area contributed by atoms with E-state index < -0.39 is 0 Å². The molecule has 0 amide bonds. The fourth-order valence-electron chi connectivity index (χ4n) is 4.94. The number of piperidine rings is 1. The second-order valence-electron chi connectivity index (χ2n) is 10.2. The zero-order valence-corrected chi connectivity index (χ0v) is 19.0. The summed E-state index contributed by atoms with van der Waals surface area (Å²) in [5.41, 5.74) is 8.30. The van der Waals surface area contributed by atoms with Gasteiger partial charge in [0, 0.05) is 30.6 Å². The lowest BCUT2D eigenvalue weighted by molar-refractivity contribution is 0.452. The molecule has 0 aromatic carbocycles. The Morgan fingerprint density at radius 1 is 1.07 bits per heavy atom.